The quantitative estimate of drug-likeness (QED) is 0.355. The Morgan fingerprint density at radius 3 is 2.60 bits per heavy atom. The van der Waals surface area contributed by atoms with E-state index in [1.165, 1.54) is 6.42 Å². The minimum atomic E-state index is -2.21. The average molecular weight is 563 g/mol. The van der Waals surface area contributed by atoms with Crippen molar-refractivity contribution in [3.63, 3.8) is 0 Å². The van der Waals surface area contributed by atoms with E-state index in [1.807, 2.05) is 48.5 Å². The Morgan fingerprint density at radius 1 is 1.12 bits per heavy atom. The predicted octanol–water partition coefficient (Wildman–Crippen LogP) is 5.72. The molecule has 212 valence electrons. The number of hydrogen-bond donors (Lipinski definition) is 1. The molecule has 3 saturated carbocycles. The van der Waals surface area contributed by atoms with E-state index < -0.39 is 16.8 Å². The zero-order valence-electron chi connectivity index (χ0n) is 24.0. The van der Waals surface area contributed by atoms with Crippen molar-refractivity contribution in [3.8, 4) is 0 Å². The van der Waals surface area contributed by atoms with Crippen LogP contribution >= 0.6 is 0 Å². The van der Waals surface area contributed by atoms with Crippen LogP contribution in [0.5, 0.6) is 0 Å². The van der Waals surface area contributed by atoms with E-state index in [-0.39, 0.29) is 29.0 Å². The highest BCUT2D eigenvalue weighted by atomic mass is 32.2. The van der Waals surface area contributed by atoms with Crippen molar-refractivity contribution in [3.05, 3.63) is 65.9 Å². The Balaban J connectivity index is 1.18. The molecule has 9 heteroatoms. The van der Waals surface area contributed by atoms with Gasteiger partial charge < -0.3 is 19.0 Å². The third kappa shape index (κ3) is 5.12. The molecule has 4 aliphatic rings. The number of para-hydroxylation sites is 1. The zero-order valence-corrected chi connectivity index (χ0v) is 24.8. The molecule has 40 heavy (non-hydrogen) atoms. The first-order valence-electron chi connectivity index (χ1n) is 14.3. The Hall–Kier alpha value is -2.62. The van der Waals surface area contributed by atoms with Crippen LogP contribution < -0.4 is 5.32 Å². The largest absolute Gasteiger partial charge is 0.482 e. The molecule has 2 bridgehead atoms. The highest BCUT2D eigenvalue weighted by molar-refractivity contribution is 7.92. The van der Waals surface area contributed by atoms with Crippen molar-refractivity contribution < 1.29 is 22.7 Å². The molecule has 3 aliphatic carbocycles. The van der Waals surface area contributed by atoms with E-state index in [9.17, 15) is 9.00 Å². The maximum absolute atomic E-state index is 13.3. The smallest absolute Gasteiger partial charge is 0.464 e. The molecule has 1 aromatic heterocycles. The third-order valence-corrected chi connectivity index (χ3v) is 10.2. The summed E-state index contributed by atoms with van der Waals surface area (Å²) in [5, 5.41) is 4.31. The molecular weight excluding hydrogens is 523 g/mol. The molecule has 7 nitrogen and oxygen atoms in total. The van der Waals surface area contributed by atoms with Crippen molar-refractivity contribution in [2.45, 2.75) is 70.5 Å². The number of furan rings is 1. The average Bonchev–Trinajstić information content (AvgIpc) is 3.47. The fraction of sp³-hybridized carbons (Fsp3) is 0.516. The number of nitrogens with zero attached hydrogens (tertiary/aromatic N) is 1. The lowest BCUT2D eigenvalue weighted by molar-refractivity contribution is -0.199. The molecule has 1 saturated heterocycles. The van der Waals surface area contributed by atoms with Gasteiger partial charge in [-0.3, -0.25) is 4.79 Å². The fourth-order valence-electron chi connectivity index (χ4n) is 7.23. The lowest BCUT2D eigenvalue weighted by Gasteiger charge is -2.64. The van der Waals surface area contributed by atoms with Crippen molar-refractivity contribution in [1.82, 2.24) is 5.32 Å². The molecule has 5 atom stereocenters. The van der Waals surface area contributed by atoms with Crippen LogP contribution in [0, 0.1) is 17.3 Å². The second-order valence-electron chi connectivity index (χ2n) is 12.9. The molecule has 1 N–H and O–H groups in total. The van der Waals surface area contributed by atoms with Gasteiger partial charge in [0.1, 0.15) is 5.58 Å². The third-order valence-electron chi connectivity index (χ3n) is 9.55. The van der Waals surface area contributed by atoms with Gasteiger partial charge in [0.15, 0.2) is 0 Å². The van der Waals surface area contributed by atoms with Crippen molar-refractivity contribution in [2.75, 3.05) is 12.5 Å². The van der Waals surface area contributed by atoms with E-state index in [4.69, 9.17) is 13.7 Å². The maximum Gasteiger partial charge on any atom is 0.482 e. The predicted molar refractivity (Wildman–Crippen MR) is 159 cm³/mol. The molecule has 7 rings (SSSR count). The van der Waals surface area contributed by atoms with Crippen molar-refractivity contribution in [2.24, 2.45) is 21.6 Å². The van der Waals surface area contributed by atoms with Gasteiger partial charge in [-0.1, -0.05) is 44.2 Å². The number of amides is 1. The molecule has 0 radical (unpaired) electrons. The highest BCUT2D eigenvalue weighted by Gasteiger charge is 2.68. The number of rotatable bonds is 8. The van der Waals surface area contributed by atoms with Gasteiger partial charge in [0.2, 0.25) is 5.91 Å². The summed E-state index contributed by atoms with van der Waals surface area (Å²) in [5.74, 6) is 0.709. The maximum atomic E-state index is 13.3. The summed E-state index contributed by atoms with van der Waals surface area (Å²) in [5.41, 5.74) is 3.46. The molecule has 3 aromatic rings. The van der Waals surface area contributed by atoms with E-state index in [0.717, 1.165) is 28.5 Å². The van der Waals surface area contributed by atoms with Gasteiger partial charge in [-0.05, 0) is 79.2 Å². The minimum absolute atomic E-state index is 0.0413. The van der Waals surface area contributed by atoms with Gasteiger partial charge in [0, 0.05) is 34.0 Å². The molecule has 1 amide bonds. The SMILES string of the molecule is CC1(C)[C@@H]2C[C@H]3OB([C@H](Cc4coc5ccccc45)NC(=O)CCc4ccc(N=S(C)(C)=O)cc4)O[C@@]3(C)[C@H]1C2. The van der Waals surface area contributed by atoms with Gasteiger partial charge in [-0.2, -0.15) is 4.36 Å². The standard InChI is InChI=1S/C31H39BN2O5S/c1-30(2)22-17-26(30)31(3)27(18-22)38-32(39-31)28(16-21-19-37-25-9-7-6-8-24(21)25)33-29(35)15-12-20-10-13-23(14-11-20)34-40(4,5)36/h6-11,13-14,19,22,26-28H,12,15-18H2,1-5H3,(H,33,35)/t22-,26-,27+,28-,31-/m0/s1. The van der Waals surface area contributed by atoms with Crippen LogP contribution in [0.15, 0.2) is 63.6 Å². The molecule has 1 aliphatic heterocycles. The summed E-state index contributed by atoms with van der Waals surface area (Å²) in [7, 11) is -2.74. The summed E-state index contributed by atoms with van der Waals surface area (Å²) in [6.45, 7) is 6.91. The molecule has 0 unspecified atom stereocenters. The van der Waals surface area contributed by atoms with Crippen molar-refractivity contribution in [1.29, 1.82) is 0 Å². The minimum Gasteiger partial charge on any atom is -0.464 e. The second-order valence-corrected chi connectivity index (χ2v) is 15.5. The first-order valence-corrected chi connectivity index (χ1v) is 16.6. The Kier molecular flexibility index (Phi) is 6.91. The summed E-state index contributed by atoms with van der Waals surface area (Å²) in [6.07, 6.45) is 8.71. The number of hydrogen-bond acceptors (Lipinski definition) is 6. The normalized spacial score (nSPS) is 27.6. The van der Waals surface area contributed by atoms with Crippen molar-refractivity contribution >= 4 is 39.4 Å². The van der Waals surface area contributed by atoms with E-state index in [1.54, 1.807) is 18.8 Å². The number of fused-ring (bicyclic) bond motifs is 1. The number of carbonyl (C=O) groups is 1. The molecule has 0 spiro atoms. The summed E-state index contributed by atoms with van der Waals surface area (Å²) < 4.78 is 35.4. The van der Waals surface area contributed by atoms with Crippen LogP contribution in [0.2, 0.25) is 0 Å². The number of carbonyl (C=O) groups excluding carboxylic acids is 1. The van der Waals surface area contributed by atoms with E-state index >= 15 is 0 Å². The molecule has 2 heterocycles. The van der Waals surface area contributed by atoms with Gasteiger partial charge in [0.25, 0.3) is 0 Å². The van der Waals surface area contributed by atoms with E-state index in [2.05, 4.69) is 30.5 Å². The number of aryl methyl sites for hydroxylation is 1. The first kappa shape index (κ1) is 27.5. The van der Waals surface area contributed by atoms with E-state index in [0.29, 0.717) is 36.8 Å². The number of nitrogens with one attached hydrogen (secondary N) is 1. The van der Waals surface area contributed by atoms with Crippen LogP contribution in [0.3, 0.4) is 0 Å². The van der Waals surface area contributed by atoms with Crippen LogP contribution in [-0.4, -0.2) is 47.4 Å². The highest BCUT2D eigenvalue weighted by Crippen LogP contribution is 2.65. The first-order chi connectivity index (χ1) is 18.9. The summed E-state index contributed by atoms with van der Waals surface area (Å²) >= 11 is 0. The second kappa shape index (κ2) is 10.0. The van der Waals surface area contributed by atoms with Gasteiger partial charge >= 0.3 is 7.12 Å². The molecule has 2 aromatic carbocycles. The summed E-state index contributed by atoms with van der Waals surface area (Å²) in [6, 6.07) is 15.5. The van der Waals surface area contributed by atoms with Crippen LogP contribution in [0.4, 0.5) is 5.69 Å². The lowest BCUT2D eigenvalue weighted by atomic mass is 9.43. The Bertz CT molecular complexity index is 1530. The van der Waals surface area contributed by atoms with Crippen LogP contribution in [0.1, 0.15) is 51.2 Å². The monoisotopic (exact) mass is 562 g/mol. The summed E-state index contributed by atoms with van der Waals surface area (Å²) in [4.78, 5) is 13.3. The van der Waals surface area contributed by atoms with Gasteiger partial charge in [-0.25, -0.2) is 4.21 Å². The van der Waals surface area contributed by atoms with Crippen LogP contribution in [0.25, 0.3) is 11.0 Å². The molecular formula is C31H39BN2O5S. The zero-order chi connectivity index (χ0) is 28.3. The fourth-order valence-corrected chi connectivity index (χ4v) is 7.86. The Labute approximate surface area is 237 Å². The number of benzene rings is 2. The van der Waals surface area contributed by atoms with Crippen LogP contribution in [-0.2, 0) is 36.7 Å². The van der Waals surface area contributed by atoms with Gasteiger partial charge in [-0.15, -0.1) is 0 Å². The molecule has 4 fully saturated rings. The van der Waals surface area contributed by atoms with Gasteiger partial charge in [0.05, 0.1) is 29.6 Å². The Morgan fingerprint density at radius 2 is 1.88 bits per heavy atom. The lowest BCUT2D eigenvalue weighted by Crippen LogP contribution is -2.65. The topological polar surface area (TPSA) is 90.1 Å².